The van der Waals surface area contributed by atoms with Crippen molar-refractivity contribution in [3.05, 3.63) is 70.8 Å². The maximum absolute atomic E-state index is 12.6. The van der Waals surface area contributed by atoms with E-state index < -0.39 is 11.8 Å². The molecule has 1 aliphatic heterocycles. The largest absolute Gasteiger partial charge is 0.495 e. The summed E-state index contributed by atoms with van der Waals surface area (Å²) in [4.78, 5) is 30.8. The number of carbonyl (C=O) groups excluding carboxylic acids is 2. The fourth-order valence-corrected chi connectivity index (χ4v) is 5.31. The van der Waals surface area contributed by atoms with E-state index >= 15 is 0 Å². The molecule has 0 aliphatic carbocycles. The number of amides is 2. The molecule has 0 bridgehead atoms. The summed E-state index contributed by atoms with van der Waals surface area (Å²) in [6, 6.07) is 15.4. The number of benzene rings is 1. The number of thiophene rings is 1. The number of carbonyl (C=O) groups is 2. The molecule has 2 N–H and O–H groups in total. The zero-order valence-corrected chi connectivity index (χ0v) is 20.2. The first kappa shape index (κ1) is 23.8. The van der Waals surface area contributed by atoms with Gasteiger partial charge < -0.3 is 24.7 Å². The number of furan rings is 1. The van der Waals surface area contributed by atoms with Crippen LogP contribution < -0.4 is 20.3 Å². The van der Waals surface area contributed by atoms with Gasteiger partial charge in [0.05, 0.1) is 31.6 Å². The fourth-order valence-electron chi connectivity index (χ4n) is 4.35. The van der Waals surface area contributed by atoms with Crippen LogP contribution in [0.2, 0.25) is 0 Å². The SMILES string of the molecule is COc1ccccc1N1CCN([C@H](c2cccs2)[C@H](C)NC(=O)C(=O)NCc2ccco2)CC1. The minimum absolute atomic E-state index is 0.0263. The highest BCUT2D eigenvalue weighted by Gasteiger charge is 2.32. The van der Waals surface area contributed by atoms with E-state index in [1.54, 1.807) is 30.6 Å². The van der Waals surface area contributed by atoms with Gasteiger partial charge in [-0.05, 0) is 42.6 Å². The number of ether oxygens (including phenoxy) is 1. The molecular formula is C25H30N4O4S. The normalized spacial score (nSPS) is 16.0. The van der Waals surface area contributed by atoms with E-state index in [4.69, 9.17) is 9.15 Å². The smallest absolute Gasteiger partial charge is 0.309 e. The molecule has 0 spiro atoms. The first-order valence-corrected chi connectivity index (χ1v) is 12.2. The third-order valence-electron chi connectivity index (χ3n) is 6.01. The number of nitrogens with zero attached hydrogens (tertiary/aromatic N) is 2. The molecule has 4 rings (SSSR count). The second-order valence-electron chi connectivity index (χ2n) is 8.18. The summed E-state index contributed by atoms with van der Waals surface area (Å²) in [5.74, 6) is 0.146. The Morgan fingerprint density at radius 3 is 2.53 bits per heavy atom. The van der Waals surface area contributed by atoms with Crippen molar-refractivity contribution in [1.29, 1.82) is 0 Å². The fraction of sp³-hybridized carbons (Fsp3) is 0.360. The zero-order chi connectivity index (χ0) is 23.9. The summed E-state index contributed by atoms with van der Waals surface area (Å²) in [6.45, 7) is 5.46. The molecule has 9 heteroatoms. The van der Waals surface area contributed by atoms with Gasteiger partial charge in [0, 0.05) is 37.1 Å². The van der Waals surface area contributed by atoms with Crippen LogP contribution in [0.5, 0.6) is 5.75 Å². The molecule has 0 radical (unpaired) electrons. The molecule has 3 aromatic rings. The van der Waals surface area contributed by atoms with Crippen LogP contribution in [0.15, 0.2) is 64.6 Å². The van der Waals surface area contributed by atoms with Crippen LogP contribution in [0.3, 0.4) is 0 Å². The van der Waals surface area contributed by atoms with Crippen molar-refractivity contribution in [1.82, 2.24) is 15.5 Å². The molecule has 0 saturated carbocycles. The van der Waals surface area contributed by atoms with Crippen molar-refractivity contribution in [3.8, 4) is 5.75 Å². The number of nitrogens with one attached hydrogen (secondary N) is 2. The summed E-state index contributed by atoms with van der Waals surface area (Å²) in [6.07, 6.45) is 1.53. The van der Waals surface area contributed by atoms with Gasteiger partial charge in [-0.15, -0.1) is 11.3 Å². The lowest BCUT2D eigenvalue weighted by Gasteiger charge is -2.42. The number of rotatable bonds is 8. The molecule has 1 fully saturated rings. The molecule has 2 atom stereocenters. The first-order valence-electron chi connectivity index (χ1n) is 11.3. The molecule has 0 unspecified atom stereocenters. The minimum atomic E-state index is -0.672. The monoisotopic (exact) mass is 482 g/mol. The Bertz CT molecular complexity index is 1060. The van der Waals surface area contributed by atoms with E-state index in [1.165, 1.54) is 6.26 Å². The molecule has 8 nitrogen and oxygen atoms in total. The van der Waals surface area contributed by atoms with E-state index in [1.807, 2.05) is 36.6 Å². The van der Waals surface area contributed by atoms with Crippen LogP contribution in [-0.2, 0) is 16.1 Å². The number of para-hydroxylation sites is 2. The molecule has 1 aliphatic rings. The highest BCUT2D eigenvalue weighted by atomic mass is 32.1. The summed E-state index contributed by atoms with van der Waals surface area (Å²) in [7, 11) is 1.69. The lowest BCUT2D eigenvalue weighted by molar-refractivity contribution is -0.140. The van der Waals surface area contributed by atoms with Gasteiger partial charge in [-0.3, -0.25) is 14.5 Å². The Kier molecular flexibility index (Phi) is 7.87. The van der Waals surface area contributed by atoms with Gasteiger partial charge in [0.1, 0.15) is 11.5 Å². The Balaban J connectivity index is 1.39. The van der Waals surface area contributed by atoms with Crippen molar-refractivity contribution in [2.75, 3.05) is 38.2 Å². The van der Waals surface area contributed by atoms with Crippen LogP contribution in [-0.4, -0.2) is 56.0 Å². The third kappa shape index (κ3) is 5.60. The van der Waals surface area contributed by atoms with Gasteiger partial charge in [-0.2, -0.15) is 0 Å². The van der Waals surface area contributed by atoms with Gasteiger partial charge in [-0.25, -0.2) is 0 Å². The summed E-state index contributed by atoms with van der Waals surface area (Å²) in [5.41, 5.74) is 1.09. The second kappa shape index (κ2) is 11.2. The lowest BCUT2D eigenvalue weighted by atomic mass is 10.0. The Morgan fingerprint density at radius 1 is 1.06 bits per heavy atom. The molecule has 1 saturated heterocycles. The maximum Gasteiger partial charge on any atom is 0.309 e. The van der Waals surface area contributed by atoms with Crippen molar-refractivity contribution in [2.45, 2.75) is 25.6 Å². The molecule has 2 amide bonds. The van der Waals surface area contributed by atoms with E-state index in [0.717, 1.165) is 42.5 Å². The minimum Gasteiger partial charge on any atom is -0.495 e. The van der Waals surface area contributed by atoms with Gasteiger partial charge in [-0.1, -0.05) is 18.2 Å². The molecule has 34 heavy (non-hydrogen) atoms. The number of piperazine rings is 1. The van der Waals surface area contributed by atoms with Crippen molar-refractivity contribution >= 4 is 28.8 Å². The molecule has 3 heterocycles. The van der Waals surface area contributed by atoms with Crippen LogP contribution in [0.4, 0.5) is 5.69 Å². The Hall–Kier alpha value is -3.30. The first-order chi connectivity index (χ1) is 16.6. The Labute approximate surface area is 203 Å². The predicted octanol–water partition coefficient (Wildman–Crippen LogP) is 3.03. The molecule has 180 valence electrons. The highest BCUT2D eigenvalue weighted by Crippen LogP contribution is 2.32. The van der Waals surface area contributed by atoms with Crippen LogP contribution in [0.1, 0.15) is 23.6 Å². The molecular weight excluding hydrogens is 452 g/mol. The van der Waals surface area contributed by atoms with Crippen LogP contribution >= 0.6 is 11.3 Å². The van der Waals surface area contributed by atoms with E-state index in [-0.39, 0.29) is 18.6 Å². The second-order valence-corrected chi connectivity index (χ2v) is 9.16. The molecule has 1 aromatic carbocycles. The van der Waals surface area contributed by atoms with Gasteiger partial charge in [0.15, 0.2) is 0 Å². The number of anilines is 1. The third-order valence-corrected chi connectivity index (χ3v) is 6.95. The average Bonchev–Trinajstić information content (AvgIpc) is 3.58. The summed E-state index contributed by atoms with van der Waals surface area (Å²) in [5, 5.41) is 7.55. The van der Waals surface area contributed by atoms with Gasteiger partial charge >= 0.3 is 11.8 Å². The summed E-state index contributed by atoms with van der Waals surface area (Å²) >= 11 is 1.66. The Morgan fingerprint density at radius 2 is 1.85 bits per heavy atom. The lowest BCUT2D eigenvalue weighted by Crippen LogP contribution is -2.53. The highest BCUT2D eigenvalue weighted by molar-refractivity contribution is 7.10. The number of hydrogen-bond donors (Lipinski definition) is 2. The zero-order valence-electron chi connectivity index (χ0n) is 19.4. The van der Waals surface area contributed by atoms with Crippen LogP contribution in [0, 0.1) is 0 Å². The van der Waals surface area contributed by atoms with E-state index in [2.05, 4.69) is 32.6 Å². The van der Waals surface area contributed by atoms with E-state index in [0.29, 0.717) is 5.76 Å². The van der Waals surface area contributed by atoms with Crippen molar-refractivity contribution in [3.63, 3.8) is 0 Å². The number of methoxy groups -OCH3 is 1. The van der Waals surface area contributed by atoms with Gasteiger partial charge in [0.2, 0.25) is 0 Å². The van der Waals surface area contributed by atoms with E-state index in [9.17, 15) is 9.59 Å². The van der Waals surface area contributed by atoms with Crippen molar-refractivity contribution < 1.29 is 18.7 Å². The number of hydrogen-bond acceptors (Lipinski definition) is 7. The van der Waals surface area contributed by atoms with Crippen LogP contribution in [0.25, 0.3) is 0 Å². The average molecular weight is 483 g/mol. The van der Waals surface area contributed by atoms with Gasteiger partial charge in [0.25, 0.3) is 0 Å². The topological polar surface area (TPSA) is 87.0 Å². The molecule has 2 aromatic heterocycles. The quantitative estimate of drug-likeness (QED) is 0.480. The standard InChI is InChI=1S/C25H30N4O4S/c1-18(27-25(31)24(30)26-17-19-7-5-15-33-19)23(22-10-6-16-34-22)29-13-11-28(12-14-29)20-8-3-4-9-21(20)32-2/h3-10,15-16,18,23H,11-14,17H2,1-2H3,(H,26,30)(H,27,31)/t18-,23-/m0/s1. The predicted molar refractivity (Wildman–Crippen MR) is 132 cm³/mol. The van der Waals surface area contributed by atoms with Crippen molar-refractivity contribution in [2.24, 2.45) is 0 Å². The summed E-state index contributed by atoms with van der Waals surface area (Å²) < 4.78 is 10.7. The maximum atomic E-state index is 12.6.